The van der Waals surface area contributed by atoms with Crippen molar-refractivity contribution in [1.82, 2.24) is 5.32 Å². The maximum absolute atomic E-state index is 12.3. The maximum atomic E-state index is 12.3. The summed E-state index contributed by atoms with van der Waals surface area (Å²) in [6.07, 6.45) is 0.209. The van der Waals surface area contributed by atoms with Crippen molar-refractivity contribution in [3.63, 3.8) is 0 Å². The van der Waals surface area contributed by atoms with Crippen LogP contribution in [0.5, 0.6) is 5.75 Å². The quantitative estimate of drug-likeness (QED) is 0.881. The van der Waals surface area contributed by atoms with Crippen molar-refractivity contribution in [2.75, 3.05) is 6.61 Å². The molecule has 1 heterocycles. The number of ether oxygens (including phenoxy) is 1. The van der Waals surface area contributed by atoms with E-state index in [4.69, 9.17) is 4.74 Å². The zero-order valence-electron chi connectivity index (χ0n) is 14.4. The van der Waals surface area contributed by atoms with Gasteiger partial charge in [0.2, 0.25) is 5.91 Å². The van der Waals surface area contributed by atoms with Gasteiger partial charge in [0.15, 0.2) is 0 Å². The van der Waals surface area contributed by atoms with Crippen LogP contribution in [-0.2, 0) is 4.79 Å². The van der Waals surface area contributed by atoms with Gasteiger partial charge in [0.05, 0.1) is 18.8 Å². The molecule has 2 unspecified atom stereocenters. The number of amides is 1. The van der Waals surface area contributed by atoms with Crippen molar-refractivity contribution >= 4 is 5.91 Å². The number of fused-ring (bicyclic) bond motifs is 1. The van der Waals surface area contributed by atoms with Crippen molar-refractivity contribution in [3.8, 4) is 5.75 Å². The summed E-state index contributed by atoms with van der Waals surface area (Å²) >= 11 is 0. The van der Waals surface area contributed by atoms with Crippen LogP contribution in [-0.4, -0.2) is 17.6 Å². The smallest absolute Gasteiger partial charge is 0.225 e. The molecule has 1 aliphatic heterocycles. The van der Waals surface area contributed by atoms with Crippen molar-refractivity contribution < 1.29 is 14.6 Å². The SMILES string of the molecule is Cc1c(C(C)O)cc2c(c1C)OCCC2NC(=O)C(C)(C)C. The van der Waals surface area contributed by atoms with Crippen LogP contribution in [0.3, 0.4) is 0 Å². The van der Waals surface area contributed by atoms with Crippen molar-refractivity contribution in [3.05, 3.63) is 28.3 Å². The first-order valence-electron chi connectivity index (χ1n) is 7.88. The van der Waals surface area contributed by atoms with Gasteiger partial charge >= 0.3 is 0 Å². The molecule has 2 rings (SSSR count). The predicted molar refractivity (Wildman–Crippen MR) is 87.0 cm³/mol. The number of benzene rings is 1. The van der Waals surface area contributed by atoms with Gasteiger partial charge in [-0.2, -0.15) is 0 Å². The molecular weight excluding hydrogens is 278 g/mol. The number of aliphatic hydroxyl groups is 1. The summed E-state index contributed by atoms with van der Waals surface area (Å²) < 4.78 is 5.83. The second-order valence-corrected chi connectivity index (χ2v) is 7.22. The van der Waals surface area contributed by atoms with E-state index in [1.165, 1.54) is 0 Å². The number of hydrogen-bond acceptors (Lipinski definition) is 3. The average molecular weight is 305 g/mol. The molecule has 1 amide bonds. The average Bonchev–Trinajstić information content (AvgIpc) is 2.41. The van der Waals surface area contributed by atoms with E-state index in [0.29, 0.717) is 6.61 Å². The molecule has 0 aromatic heterocycles. The Balaban J connectivity index is 2.43. The molecule has 4 nitrogen and oxygen atoms in total. The second kappa shape index (κ2) is 5.92. The van der Waals surface area contributed by atoms with Crippen LogP contribution < -0.4 is 10.1 Å². The third-order valence-corrected chi connectivity index (χ3v) is 4.37. The number of nitrogens with one attached hydrogen (secondary N) is 1. The molecule has 0 saturated carbocycles. The van der Waals surface area contributed by atoms with Gasteiger partial charge in [0.25, 0.3) is 0 Å². The Morgan fingerprint density at radius 1 is 1.36 bits per heavy atom. The summed E-state index contributed by atoms with van der Waals surface area (Å²) in [7, 11) is 0. The fourth-order valence-electron chi connectivity index (χ4n) is 2.79. The minimum Gasteiger partial charge on any atom is -0.493 e. The molecule has 122 valence electrons. The van der Waals surface area contributed by atoms with Crippen molar-refractivity contribution in [2.24, 2.45) is 5.41 Å². The highest BCUT2D eigenvalue weighted by atomic mass is 16.5. The maximum Gasteiger partial charge on any atom is 0.225 e. The Morgan fingerprint density at radius 3 is 2.55 bits per heavy atom. The minimum absolute atomic E-state index is 0.0298. The van der Waals surface area contributed by atoms with Gasteiger partial charge in [-0.15, -0.1) is 0 Å². The van der Waals surface area contributed by atoms with Gasteiger partial charge in [-0.05, 0) is 43.5 Å². The molecule has 1 aliphatic rings. The van der Waals surface area contributed by atoms with Crippen molar-refractivity contribution in [2.45, 2.75) is 60.1 Å². The van der Waals surface area contributed by atoms with Crippen LogP contribution in [0.2, 0.25) is 0 Å². The Labute approximate surface area is 132 Å². The van der Waals surface area contributed by atoms with Gasteiger partial charge < -0.3 is 15.2 Å². The molecule has 0 spiro atoms. The number of carbonyl (C=O) groups excluding carboxylic acids is 1. The molecule has 4 heteroatoms. The molecule has 2 N–H and O–H groups in total. The molecule has 0 saturated heterocycles. The first-order chi connectivity index (χ1) is 10.1. The summed E-state index contributed by atoms with van der Waals surface area (Å²) in [5, 5.41) is 13.1. The highest BCUT2D eigenvalue weighted by molar-refractivity contribution is 5.82. The van der Waals surface area contributed by atoms with Gasteiger partial charge in [-0.3, -0.25) is 4.79 Å². The molecule has 0 bridgehead atoms. The lowest BCUT2D eigenvalue weighted by molar-refractivity contribution is -0.129. The largest absolute Gasteiger partial charge is 0.493 e. The molecule has 0 aliphatic carbocycles. The normalized spacial score (nSPS) is 19.1. The van der Waals surface area contributed by atoms with Crippen molar-refractivity contribution in [1.29, 1.82) is 0 Å². The second-order valence-electron chi connectivity index (χ2n) is 7.22. The zero-order valence-corrected chi connectivity index (χ0v) is 14.4. The zero-order chi connectivity index (χ0) is 16.7. The first-order valence-corrected chi connectivity index (χ1v) is 7.88. The van der Waals surface area contributed by atoms with E-state index < -0.39 is 11.5 Å². The van der Waals surface area contributed by atoms with Gasteiger partial charge in [-0.1, -0.05) is 20.8 Å². The van der Waals surface area contributed by atoms with E-state index >= 15 is 0 Å². The van der Waals surface area contributed by atoms with Crippen LogP contribution in [0.4, 0.5) is 0 Å². The van der Waals surface area contributed by atoms with E-state index in [-0.39, 0.29) is 11.9 Å². The highest BCUT2D eigenvalue weighted by Gasteiger charge is 2.30. The molecule has 22 heavy (non-hydrogen) atoms. The van der Waals surface area contributed by atoms with E-state index in [0.717, 1.165) is 34.4 Å². The van der Waals surface area contributed by atoms with E-state index in [9.17, 15) is 9.90 Å². The van der Waals surface area contributed by atoms with Crippen LogP contribution in [0.15, 0.2) is 6.07 Å². The summed E-state index contributed by atoms with van der Waals surface area (Å²) in [5.74, 6) is 0.884. The standard InChI is InChI=1S/C18H27NO3/c1-10-11(2)16-14(9-13(10)12(3)20)15(7-8-22-16)19-17(21)18(4,5)6/h9,12,15,20H,7-8H2,1-6H3,(H,19,21). The van der Waals surface area contributed by atoms with E-state index in [2.05, 4.69) is 5.32 Å². The first kappa shape index (κ1) is 16.8. The molecule has 1 aromatic rings. The summed E-state index contributed by atoms with van der Waals surface area (Å²) in [6, 6.07) is 1.92. The number of aliphatic hydroxyl groups excluding tert-OH is 1. The lowest BCUT2D eigenvalue weighted by atomic mass is 9.89. The van der Waals surface area contributed by atoms with Gasteiger partial charge in [-0.25, -0.2) is 0 Å². The van der Waals surface area contributed by atoms with Crippen LogP contribution >= 0.6 is 0 Å². The number of rotatable bonds is 2. The molecule has 0 fully saturated rings. The van der Waals surface area contributed by atoms with Crippen LogP contribution in [0.25, 0.3) is 0 Å². The van der Waals surface area contributed by atoms with Crippen LogP contribution in [0, 0.1) is 19.3 Å². The monoisotopic (exact) mass is 305 g/mol. The minimum atomic E-state index is -0.537. The lowest BCUT2D eigenvalue weighted by Crippen LogP contribution is -2.39. The van der Waals surface area contributed by atoms with Gasteiger partial charge in [0.1, 0.15) is 5.75 Å². The third kappa shape index (κ3) is 3.12. The topological polar surface area (TPSA) is 58.6 Å². The molecule has 0 radical (unpaired) electrons. The summed E-state index contributed by atoms with van der Waals surface area (Å²) in [5.41, 5.74) is 3.55. The van der Waals surface area contributed by atoms with E-state index in [1.54, 1.807) is 6.92 Å². The fraction of sp³-hybridized carbons (Fsp3) is 0.611. The third-order valence-electron chi connectivity index (χ3n) is 4.37. The molecular formula is C18H27NO3. The summed E-state index contributed by atoms with van der Waals surface area (Å²) in [6.45, 7) is 12.1. The highest BCUT2D eigenvalue weighted by Crippen LogP contribution is 2.39. The molecule has 1 aromatic carbocycles. The number of hydrogen-bond donors (Lipinski definition) is 2. The lowest BCUT2D eigenvalue weighted by Gasteiger charge is -2.32. The Bertz CT molecular complexity index is 585. The predicted octanol–water partition coefficient (Wildman–Crippen LogP) is 3.34. The van der Waals surface area contributed by atoms with Crippen LogP contribution in [0.1, 0.15) is 68.5 Å². The fourth-order valence-corrected chi connectivity index (χ4v) is 2.79. The Kier molecular flexibility index (Phi) is 4.52. The van der Waals surface area contributed by atoms with Gasteiger partial charge in [0, 0.05) is 17.4 Å². The molecule has 2 atom stereocenters. The summed E-state index contributed by atoms with van der Waals surface area (Å²) in [4.78, 5) is 12.3. The Morgan fingerprint density at radius 2 is 2.00 bits per heavy atom. The number of carbonyl (C=O) groups is 1. The van der Waals surface area contributed by atoms with E-state index in [1.807, 2.05) is 40.7 Å². The Hall–Kier alpha value is -1.55.